The van der Waals surface area contributed by atoms with E-state index >= 15 is 0 Å². The van der Waals surface area contributed by atoms with E-state index in [1.807, 2.05) is 0 Å². The van der Waals surface area contributed by atoms with Crippen LogP contribution in [0.4, 0.5) is 0 Å². The van der Waals surface area contributed by atoms with Crippen LogP contribution in [0.3, 0.4) is 0 Å². The van der Waals surface area contributed by atoms with Crippen LogP contribution in [-0.2, 0) is 0 Å². The molecule has 0 radical (unpaired) electrons. The molecule has 0 fully saturated rings. The molecule has 2 atom stereocenters. The van der Waals surface area contributed by atoms with Gasteiger partial charge in [-0.1, -0.05) is 33.1 Å². The van der Waals surface area contributed by atoms with Gasteiger partial charge in [0.2, 0.25) is 0 Å². The number of hydrogen-bond donors (Lipinski definition) is 2. The SMILES string of the molecule is CCC(S)CCCCCC(S)CC. The van der Waals surface area contributed by atoms with E-state index in [9.17, 15) is 0 Å². The Kier molecular flexibility index (Phi) is 9.76. The van der Waals surface area contributed by atoms with Gasteiger partial charge in [0.05, 0.1) is 0 Å². The summed E-state index contributed by atoms with van der Waals surface area (Å²) in [6, 6.07) is 0. The molecule has 2 unspecified atom stereocenters. The Bertz CT molecular complexity index is 92.3. The van der Waals surface area contributed by atoms with Crippen molar-refractivity contribution >= 4 is 25.3 Å². The van der Waals surface area contributed by atoms with Gasteiger partial charge in [0.15, 0.2) is 0 Å². The van der Waals surface area contributed by atoms with Crippen LogP contribution < -0.4 is 0 Å². The molecule has 80 valence electrons. The van der Waals surface area contributed by atoms with E-state index in [1.54, 1.807) is 0 Å². The van der Waals surface area contributed by atoms with Crippen molar-refractivity contribution in [2.24, 2.45) is 0 Å². The Morgan fingerprint density at radius 2 is 1.15 bits per heavy atom. The van der Waals surface area contributed by atoms with Gasteiger partial charge in [-0.3, -0.25) is 0 Å². The molecule has 0 rings (SSSR count). The van der Waals surface area contributed by atoms with E-state index in [-0.39, 0.29) is 0 Å². The third-order valence-electron chi connectivity index (χ3n) is 2.52. The molecule has 0 aliphatic rings. The van der Waals surface area contributed by atoms with Crippen LogP contribution >= 0.6 is 25.3 Å². The first-order valence-corrected chi connectivity index (χ1v) is 6.60. The van der Waals surface area contributed by atoms with E-state index < -0.39 is 0 Å². The molecule has 0 aromatic rings. The first-order chi connectivity index (χ1) is 6.20. The Morgan fingerprint density at radius 1 is 0.769 bits per heavy atom. The van der Waals surface area contributed by atoms with Crippen molar-refractivity contribution in [3.8, 4) is 0 Å². The molecule has 0 saturated heterocycles. The quantitative estimate of drug-likeness (QED) is 0.441. The molecule has 0 bridgehead atoms. The normalized spacial score (nSPS) is 15.7. The molecule has 0 aromatic heterocycles. The third kappa shape index (κ3) is 9.01. The highest BCUT2D eigenvalue weighted by Gasteiger charge is 2.01. The monoisotopic (exact) mass is 220 g/mol. The van der Waals surface area contributed by atoms with Gasteiger partial charge in [-0.2, -0.15) is 25.3 Å². The van der Waals surface area contributed by atoms with Crippen molar-refractivity contribution in [1.82, 2.24) is 0 Å². The van der Waals surface area contributed by atoms with Crippen LogP contribution in [-0.4, -0.2) is 10.5 Å². The van der Waals surface area contributed by atoms with Crippen LogP contribution in [0, 0.1) is 0 Å². The second kappa shape index (κ2) is 9.26. The van der Waals surface area contributed by atoms with Crippen molar-refractivity contribution in [3.63, 3.8) is 0 Å². The van der Waals surface area contributed by atoms with Crippen LogP contribution in [0.2, 0.25) is 0 Å². The van der Waals surface area contributed by atoms with Gasteiger partial charge in [-0.25, -0.2) is 0 Å². The van der Waals surface area contributed by atoms with Crippen molar-refractivity contribution in [1.29, 1.82) is 0 Å². The maximum atomic E-state index is 4.48. The lowest BCUT2D eigenvalue weighted by atomic mass is 10.1. The summed E-state index contributed by atoms with van der Waals surface area (Å²) in [7, 11) is 0. The van der Waals surface area contributed by atoms with Gasteiger partial charge < -0.3 is 0 Å². The topological polar surface area (TPSA) is 0 Å². The lowest BCUT2D eigenvalue weighted by Gasteiger charge is -2.08. The molecule has 0 N–H and O–H groups in total. The van der Waals surface area contributed by atoms with E-state index in [4.69, 9.17) is 0 Å². The highest BCUT2D eigenvalue weighted by Crippen LogP contribution is 2.15. The van der Waals surface area contributed by atoms with Crippen molar-refractivity contribution in [3.05, 3.63) is 0 Å². The molecule has 0 aromatic carbocycles. The minimum atomic E-state index is 0.623. The van der Waals surface area contributed by atoms with E-state index in [1.165, 1.54) is 44.9 Å². The van der Waals surface area contributed by atoms with Crippen LogP contribution in [0.25, 0.3) is 0 Å². The molecule has 13 heavy (non-hydrogen) atoms. The van der Waals surface area contributed by atoms with E-state index in [2.05, 4.69) is 39.1 Å². The van der Waals surface area contributed by atoms with Gasteiger partial charge in [-0.15, -0.1) is 0 Å². The summed E-state index contributed by atoms with van der Waals surface area (Å²) in [5.41, 5.74) is 0. The molecule has 2 heteroatoms. The van der Waals surface area contributed by atoms with Gasteiger partial charge in [0.1, 0.15) is 0 Å². The number of thiol groups is 2. The minimum absolute atomic E-state index is 0.623. The molecule has 0 amide bonds. The highest BCUT2D eigenvalue weighted by atomic mass is 32.1. The summed E-state index contributed by atoms with van der Waals surface area (Å²) in [4.78, 5) is 0. The Labute approximate surface area is 94.7 Å². The summed E-state index contributed by atoms with van der Waals surface area (Å²) in [6.45, 7) is 4.41. The maximum Gasteiger partial charge on any atom is 0.00141 e. The number of unbranched alkanes of at least 4 members (excludes halogenated alkanes) is 2. The van der Waals surface area contributed by atoms with Gasteiger partial charge in [0.25, 0.3) is 0 Å². The van der Waals surface area contributed by atoms with Gasteiger partial charge >= 0.3 is 0 Å². The lowest BCUT2D eigenvalue weighted by molar-refractivity contribution is 0.586. The standard InChI is InChI=1S/C11H24S2/c1-3-10(12)8-6-5-7-9-11(13)4-2/h10-13H,3-9H2,1-2H3. The fourth-order valence-corrected chi connectivity index (χ4v) is 1.71. The smallest absolute Gasteiger partial charge is 0.00141 e. The largest absolute Gasteiger partial charge is 0.176 e. The zero-order valence-corrected chi connectivity index (χ0v) is 10.8. The average Bonchev–Trinajstić information content (AvgIpc) is 2.16. The molecular weight excluding hydrogens is 196 g/mol. The predicted molar refractivity (Wildman–Crippen MR) is 69.2 cm³/mol. The zero-order chi connectivity index (χ0) is 10.1. The first-order valence-electron chi connectivity index (χ1n) is 5.56. The first kappa shape index (κ1) is 13.7. The fraction of sp³-hybridized carbons (Fsp3) is 1.00. The summed E-state index contributed by atoms with van der Waals surface area (Å²) in [6.07, 6.45) is 9.00. The third-order valence-corrected chi connectivity index (χ3v) is 3.76. The Morgan fingerprint density at radius 3 is 1.46 bits per heavy atom. The second-order valence-corrected chi connectivity index (χ2v) is 5.22. The van der Waals surface area contributed by atoms with Gasteiger partial charge in [-0.05, 0) is 25.7 Å². The Hall–Kier alpha value is 0.700. The number of hydrogen-bond acceptors (Lipinski definition) is 2. The average molecular weight is 220 g/mol. The predicted octanol–water partition coefficient (Wildman–Crippen LogP) is 4.35. The number of rotatable bonds is 8. The molecule has 0 heterocycles. The maximum absolute atomic E-state index is 4.48. The summed E-state index contributed by atoms with van der Waals surface area (Å²) in [5, 5.41) is 1.25. The van der Waals surface area contributed by atoms with Crippen molar-refractivity contribution < 1.29 is 0 Å². The van der Waals surface area contributed by atoms with Crippen LogP contribution in [0.15, 0.2) is 0 Å². The van der Waals surface area contributed by atoms with E-state index in [0.29, 0.717) is 10.5 Å². The van der Waals surface area contributed by atoms with Crippen molar-refractivity contribution in [2.75, 3.05) is 0 Å². The lowest BCUT2D eigenvalue weighted by Crippen LogP contribution is -1.98. The Balaban J connectivity index is 3.08. The highest BCUT2D eigenvalue weighted by molar-refractivity contribution is 7.81. The molecule has 0 aliphatic heterocycles. The van der Waals surface area contributed by atoms with Crippen LogP contribution in [0.5, 0.6) is 0 Å². The van der Waals surface area contributed by atoms with Crippen molar-refractivity contribution in [2.45, 2.75) is 69.3 Å². The van der Waals surface area contributed by atoms with E-state index in [0.717, 1.165) is 0 Å². The summed E-state index contributed by atoms with van der Waals surface area (Å²) in [5.74, 6) is 0. The molecule has 0 nitrogen and oxygen atoms in total. The zero-order valence-electron chi connectivity index (χ0n) is 9.00. The molecule has 0 aliphatic carbocycles. The summed E-state index contributed by atoms with van der Waals surface area (Å²) >= 11 is 8.95. The fourth-order valence-electron chi connectivity index (χ4n) is 1.34. The minimum Gasteiger partial charge on any atom is -0.176 e. The molecular formula is C11H24S2. The molecule has 0 spiro atoms. The molecule has 0 saturated carbocycles. The van der Waals surface area contributed by atoms with Gasteiger partial charge in [0, 0.05) is 10.5 Å². The van der Waals surface area contributed by atoms with Crippen LogP contribution in [0.1, 0.15) is 58.8 Å². The second-order valence-electron chi connectivity index (χ2n) is 3.76. The summed E-state index contributed by atoms with van der Waals surface area (Å²) < 4.78 is 0.